The fourth-order valence-electron chi connectivity index (χ4n) is 2.75. The van der Waals surface area contributed by atoms with E-state index in [1.165, 1.54) is 14.0 Å². The number of aliphatic hydroxyl groups excluding tert-OH is 1. The van der Waals surface area contributed by atoms with Gasteiger partial charge in [-0.25, -0.2) is 4.39 Å². The number of benzene rings is 1. The molecule has 0 fully saturated rings. The van der Waals surface area contributed by atoms with Gasteiger partial charge in [0.05, 0.1) is 12.2 Å². The van der Waals surface area contributed by atoms with E-state index in [1.807, 2.05) is 0 Å². The third kappa shape index (κ3) is 6.11. The molecule has 0 unspecified atom stereocenters. The molecule has 1 aromatic carbocycles. The molecule has 8 nitrogen and oxygen atoms in total. The molecule has 0 saturated heterocycles. The van der Waals surface area contributed by atoms with E-state index in [9.17, 15) is 35.9 Å². The summed E-state index contributed by atoms with van der Waals surface area (Å²) in [4.78, 5) is 12.3. The second-order valence-electron chi connectivity index (χ2n) is 6.58. The minimum Gasteiger partial charge on any atom is -0.490 e. The lowest BCUT2D eigenvalue weighted by molar-refractivity contribution is -0.139. The molecule has 13 heteroatoms. The number of amides is 1. The lowest BCUT2D eigenvalue weighted by Crippen LogP contribution is -2.19. The molecule has 0 spiro atoms. The zero-order valence-corrected chi connectivity index (χ0v) is 18.2. The summed E-state index contributed by atoms with van der Waals surface area (Å²) in [6, 6.07) is 1.85. The van der Waals surface area contributed by atoms with Crippen molar-refractivity contribution in [1.29, 1.82) is 0 Å². The maximum absolute atomic E-state index is 13.5. The first-order valence-corrected chi connectivity index (χ1v) is 10.6. The van der Waals surface area contributed by atoms with Gasteiger partial charge < -0.3 is 19.7 Å². The predicted molar refractivity (Wildman–Crippen MR) is 111 cm³/mol. The number of sulfonamides is 1. The van der Waals surface area contributed by atoms with E-state index in [0.717, 1.165) is 16.8 Å². The maximum Gasteiger partial charge on any atom is 0.419 e. The Morgan fingerprint density at radius 1 is 1.39 bits per heavy atom. The van der Waals surface area contributed by atoms with Crippen LogP contribution in [0.25, 0.3) is 0 Å². The summed E-state index contributed by atoms with van der Waals surface area (Å²) in [7, 11) is -3.03. The summed E-state index contributed by atoms with van der Waals surface area (Å²) in [5.41, 5.74) is -2.35. The molecule has 0 saturated carbocycles. The number of hydrogen-bond acceptors (Lipinski definition) is 5. The van der Waals surface area contributed by atoms with Crippen molar-refractivity contribution >= 4 is 28.3 Å². The number of carbonyl (C=O) groups excluding carboxylic acids is 1. The van der Waals surface area contributed by atoms with Crippen molar-refractivity contribution in [3.63, 3.8) is 0 Å². The molecule has 0 aliphatic heterocycles. The maximum atomic E-state index is 13.5. The van der Waals surface area contributed by atoms with Gasteiger partial charge in [0.1, 0.15) is 16.8 Å². The number of anilines is 1. The van der Waals surface area contributed by atoms with Gasteiger partial charge in [0.2, 0.25) is 0 Å². The van der Waals surface area contributed by atoms with E-state index in [-0.39, 0.29) is 24.4 Å². The monoisotopic (exact) mass is 489 g/mol. The Hall–Kier alpha value is -3.37. The first kappa shape index (κ1) is 25.9. The third-order valence-electron chi connectivity index (χ3n) is 4.24. The minimum absolute atomic E-state index is 0.0370. The highest BCUT2D eigenvalue weighted by Crippen LogP contribution is 2.34. The molecule has 1 heterocycles. The van der Waals surface area contributed by atoms with Crippen molar-refractivity contribution in [3.8, 4) is 17.6 Å². The van der Waals surface area contributed by atoms with Crippen molar-refractivity contribution in [2.75, 3.05) is 11.9 Å². The van der Waals surface area contributed by atoms with Crippen LogP contribution in [-0.2, 0) is 23.2 Å². The normalized spacial score (nSPS) is 12.5. The fourth-order valence-corrected chi connectivity index (χ4v) is 3.57. The Bertz CT molecular complexity index is 1230. The van der Waals surface area contributed by atoms with Crippen molar-refractivity contribution in [2.24, 2.45) is 11.4 Å². The fraction of sp³-hybridized carbons (Fsp3) is 0.300. The van der Waals surface area contributed by atoms with Gasteiger partial charge in [0.25, 0.3) is 15.9 Å². The average molecular weight is 489 g/mol. The standard InChI is InChI=1S/C20H19F4N3O5S/c1-4-5-13(28)8-9-32-18-16(33(30,31)25-2)11-27(3)17(18)19(29)26-12-6-7-15(21)14(10-12)20(22,23)24/h6-7,10-11,13,28H,2,8-9H2,1,3H3,(H,26,29)/t13-/m0/s1. The highest BCUT2D eigenvalue weighted by Gasteiger charge is 2.35. The lowest BCUT2D eigenvalue weighted by atomic mass is 10.1. The highest BCUT2D eigenvalue weighted by molar-refractivity contribution is 7.90. The molecule has 2 N–H and O–H groups in total. The summed E-state index contributed by atoms with van der Waals surface area (Å²) in [5.74, 6) is 1.94. The van der Waals surface area contributed by atoms with Crippen LogP contribution in [0.3, 0.4) is 0 Å². The molecular formula is C20H19F4N3O5S. The Balaban J connectivity index is 2.45. The van der Waals surface area contributed by atoms with Gasteiger partial charge in [-0.15, -0.1) is 5.92 Å². The van der Waals surface area contributed by atoms with Gasteiger partial charge in [-0.3, -0.25) is 4.79 Å². The largest absolute Gasteiger partial charge is 0.490 e. The lowest BCUT2D eigenvalue weighted by Gasteiger charge is -2.13. The van der Waals surface area contributed by atoms with Crippen LogP contribution in [0.1, 0.15) is 29.4 Å². The minimum atomic E-state index is -5.00. The van der Waals surface area contributed by atoms with Gasteiger partial charge in [-0.2, -0.15) is 26.0 Å². The van der Waals surface area contributed by atoms with E-state index < -0.39 is 50.2 Å². The summed E-state index contributed by atoms with van der Waals surface area (Å²) in [6.45, 7) is 4.22. The van der Waals surface area contributed by atoms with Crippen LogP contribution < -0.4 is 10.1 Å². The predicted octanol–water partition coefficient (Wildman–Crippen LogP) is 2.98. The number of aryl methyl sites for hydroxylation is 1. The number of nitrogens with zero attached hydrogens (tertiary/aromatic N) is 2. The molecule has 0 aliphatic rings. The molecule has 2 aromatic rings. The van der Waals surface area contributed by atoms with Crippen LogP contribution in [0.15, 0.2) is 33.7 Å². The van der Waals surface area contributed by atoms with Crippen LogP contribution in [0, 0.1) is 17.7 Å². The molecule has 33 heavy (non-hydrogen) atoms. The van der Waals surface area contributed by atoms with Crippen LogP contribution in [-0.4, -0.2) is 43.4 Å². The SMILES string of the molecule is C=NS(=O)(=O)c1cn(C)c(C(=O)Nc2ccc(F)c(C(F)(F)F)c2)c1OCC[C@@H](O)C#CC. The summed E-state index contributed by atoms with van der Waals surface area (Å²) in [5, 5.41) is 11.8. The van der Waals surface area contributed by atoms with E-state index in [2.05, 4.69) is 28.3 Å². The zero-order chi connectivity index (χ0) is 25.0. The van der Waals surface area contributed by atoms with Crippen LogP contribution in [0.5, 0.6) is 5.75 Å². The first-order valence-electron chi connectivity index (χ1n) is 9.15. The van der Waals surface area contributed by atoms with Crippen molar-refractivity contribution < 1.29 is 40.6 Å². The van der Waals surface area contributed by atoms with Gasteiger partial charge >= 0.3 is 6.18 Å². The number of carbonyl (C=O) groups is 1. The number of rotatable bonds is 8. The van der Waals surface area contributed by atoms with Gasteiger partial charge in [0, 0.05) is 32.1 Å². The van der Waals surface area contributed by atoms with Crippen molar-refractivity contribution in [2.45, 2.75) is 30.5 Å². The van der Waals surface area contributed by atoms with E-state index in [1.54, 1.807) is 0 Å². The zero-order valence-electron chi connectivity index (χ0n) is 17.4. The Morgan fingerprint density at radius 3 is 2.64 bits per heavy atom. The number of ether oxygens (including phenoxy) is 1. The summed E-state index contributed by atoms with van der Waals surface area (Å²) >= 11 is 0. The van der Waals surface area contributed by atoms with Gasteiger partial charge in [0.15, 0.2) is 11.4 Å². The third-order valence-corrected chi connectivity index (χ3v) is 5.43. The molecule has 0 radical (unpaired) electrons. The summed E-state index contributed by atoms with van der Waals surface area (Å²) in [6.07, 6.45) is -5.09. The van der Waals surface area contributed by atoms with E-state index >= 15 is 0 Å². The Kier molecular flexibility index (Phi) is 7.89. The van der Waals surface area contributed by atoms with Crippen molar-refractivity contribution in [3.05, 3.63) is 41.5 Å². The number of nitrogens with one attached hydrogen (secondary N) is 1. The van der Waals surface area contributed by atoms with Gasteiger partial charge in [-0.1, -0.05) is 5.92 Å². The number of alkyl halides is 3. The average Bonchev–Trinajstić information content (AvgIpc) is 3.06. The molecule has 2 rings (SSSR count). The van der Waals surface area contributed by atoms with Crippen LogP contribution in [0.4, 0.5) is 23.2 Å². The van der Waals surface area contributed by atoms with Gasteiger partial charge in [-0.05, 0) is 25.1 Å². The number of halogens is 4. The first-order chi connectivity index (χ1) is 15.3. The molecule has 1 amide bonds. The number of hydrogen-bond donors (Lipinski definition) is 2. The second-order valence-corrected chi connectivity index (χ2v) is 8.23. The van der Waals surface area contributed by atoms with Crippen molar-refractivity contribution in [1.82, 2.24) is 4.57 Å². The number of aliphatic hydroxyl groups is 1. The van der Waals surface area contributed by atoms with Crippen LogP contribution in [0.2, 0.25) is 0 Å². The molecule has 0 aliphatic carbocycles. The molecule has 1 atom stereocenters. The van der Waals surface area contributed by atoms with E-state index in [4.69, 9.17) is 4.74 Å². The highest BCUT2D eigenvalue weighted by atomic mass is 32.2. The summed E-state index contributed by atoms with van der Waals surface area (Å²) < 4.78 is 86.5. The van der Waals surface area contributed by atoms with Crippen LogP contribution >= 0.6 is 0 Å². The topological polar surface area (TPSA) is 110 Å². The Labute approximate surface area is 186 Å². The molecule has 0 bridgehead atoms. The second kappa shape index (κ2) is 10.1. The number of aromatic nitrogens is 1. The van der Waals surface area contributed by atoms with E-state index in [0.29, 0.717) is 12.1 Å². The molecule has 178 valence electrons. The Morgan fingerprint density at radius 2 is 2.06 bits per heavy atom. The quantitative estimate of drug-likeness (QED) is 0.337. The smallest absolute Gasteiger partial charge is 0.419 e. The molecule has 1 aromatic heterocycles. The molecular weight excluding hydrogens is 470 g/mol.